The Morgan fingerprint density at radius 3 is 2.88 bits per heavy atom. The third kappa shape index (κ3) is 0.911. The molecule has 0 amide bonds. The summed E-state index contributed by atoms with van der Waals surface area (Å²) in [6.45, 7) is 0. The number of amidine groups is 1. The summed E-state index contributed by atoms with van der Waals surface area (Å²) in [6.07, 6.45) is 0. The zero-order valence-corrected chi connectivity index (χ0v) is 4.86. The summed E-state index contributed by atoms with van der Waals surface area (Å²) in [5.74, 6) is 2.25. The second-order valence-corrected chi connectivity index (χ2v) is 2.28. The van der Waals surface area contributed by atoms with Crippen LogP contribution in [0, 0.1) is 0 Å². The van der Waals surface area contributed by atoms with Crippen LogP contribution in [0.15, 0.2) is 10.7 Å². The molecule has 8 heavy (non-hydrogen) atoms. The fraction of sp³-hybridized carbons (Fsp3) is 0.250. The SMILES string of the molecule is NC1=NC(=C=O)CS1. The number of aliphatic imine (C=N–C) groups is 1. The van der Waals surface area contributed by atoms with Crippen LogP contribution in [0.1, 0.15) is 0 Å². The van der Waals surface area contributed by atoms with Crippen molar-refractivity contribution < 1.29 is 4.79 Å². The lowest BCUT2D eigenvalue weighted by Crippen LogP contribution is -2.00. The molecule has 4 heteroatoms. The smallest absolute Gasteiger partial charge is 0.160 e. The first kappa shape index (κ1) is 5.41. The Hall–Kier alpha value is -0.730. The van der Waals surface area contributed by atoms with Gasteiger partial charge in [0.25, 0.3) is 0 Å². The van der Waals surface area contributed by atoms with E-state index >= 15 is 0 Å². The summed E-state index contributed by atoms with van der Waals surface area (Å²) in [5, 5.41) is 0.461. The van der Waals surface area contributed by atoms with Crippen molar-refractivity contribution in [1.82, 2.24) is 0 Å². The molecule has 3 nitrogen and oxygen atoms in total. The van der Waals surface area contributed by atoms with Gasteiger partial charge in [0.15, 0.2) is 5.17 Å². The predicted molar refractivity (Wildman–Crippen MR) is 33.3 cm³/mol. The summed E-state index contributed by atoms with van der Waals surface area (Å²) in [4.78, 5) is 13.5. The highest BCUT2D eigenvalue weighted by atomic mass is 32.2. The molecule has 1 aliphatic rings. The molecule has 0 aromatic heterocycles. The molecule has 0 bridgehead atoms. The molecule has 0 aromatic carbocycles. The molecule has 0 saturated heterocycles. The van der Waals surface area contributed by atoms with Crippen molar-refractivity contribution in [3.63, 3.8) is 0 Å². The highest BCUT2D eigenvalue weighted by Gasteiger charge is 2.07. The fourth-order valence-corrected chi connectivity index (χ4v) is 0.975. The third-order valence-corrected chi connectivity index (χ3v) is 1.52. The van der Waals surface area contributed by atoms with E-state index in [4.69, 9.17) is 5.73 Å². The Morgan fingerprint density at radius 2 is 2.62 bits per heavy atom. The predicted octanol–water partition coefficient (Wildman–Crippen LogP) is -0.237. The van der Waals surface area contributed by atoms with Gasteiger partial charge in [-0.2, -0.15) is 0 Å². The average Bonchev–Trinajstić information content (AvgIpc) is 2.14. The number of thioether (sulfide) groups is 1. The molecule has 0 atom stereocenters. The van der Waals surface area contributed by atoms with Gasteiger partial charge in [-0.1, -0.05) is 11.8 Å². The quantitative estimate of drug-likeness (QED) is 0.458. The van der Waals surface area contributed by atoms with Crippen LogP contribution < -0.4 is 5.73 Å². The molecular formula is C4H4N2OS. The van der Waals surface area contributed by atoms with Crippen LogP contribution in [0.4, 0.5) is 0 Å². The number of nitrogens with zero attached hydrogens (tertiary/aromatic N) is 1. The van der Waals surface area contributed by atoms with Gasteiger partial charge in [-0.15, -0.1) is 0 Å². The molecule has 42 valence electrons. The molecule has 0 spiro atoms. The van der Waals surface area contributed by atoms with Crippen molar-refractivity contribution in [3.8, 4) is 0 Å². The largest absolute Gasteiger partial charge is 0.378 e. The van der Waals surface area contributed by atoms with Crippen LogP contribution in [0.5, 0.6) is 0 Å². The van der Waals surface area contributed by atoms with E-state index in [9.17, 15) is 4.79 Å². The van der Waals surface area contributed by atoms with E-state index in [1.54, 1.807) is 5.94 Å². The standard InChI is InChI=1S/C4H4N2OS/c5-4-6-3(1-7)2-8-4/h2H2,(H2,5,6). The van der Waals surface area contributed by atoms with Crippen LogP contribution in [-0.4, -0.2) is 16.9 Å². The minimum atomic E-state index is 0.410. The molecule has 1 rings (SSSR count). The van der Waals surface area contributed by atoms with Crippen molar-refractivity contribution in [2.75, 3.05) is 5.75 Å². The molecule has 2 N–H and O–H groups in total. The molecule has 0 saturated carbocycles. The number of nitrogens with two attached hydrogens (primary N) is 1. The lowest BCUT2D eigenvalue weighted by atomic mass is 10.6. The first-order chi connectivity index (χ1) is 3.83. The van der Waals surface area contributed by atoms with Gasteiger partial charge in [0.05, 0.1) is 5.75 Å². The molecule has 0 unspecified atom stereocenters. The minimum absolute atomic E-state index is 0.410. The average molecular weight is 128 g/mol. The van der Waals surface area contributed by atoms with Crippen molar-refractivity contribution in [1.29, 1.82) is 0 Å². The van der Waals surface area contributed by atoms with Crippen LogP contribution in [-0.2, 0) is 4.79 Å². The number of hydrogen-bond acceptors (Lipinski definition) is 4. The second-order valence-electron chi connectivity index (χ2n) is 1.29. The molecule has 1 aliphatic heterocycles. The zero-order valence-electron chi connectivity index (χ0n) is 4.05. The maximum absolute atomic E-state index is 9.81. The summed E-state index contributed by atoms with van der Waals surface area (Å²) in [6, 6.07) is 0. The summed E-state index contributed by atoms with van der Waals surface area (Å²) in [7, 11) is 0. The topological polar surface area (TPSA) is 55.4 Å². The van der Waals surface area contributed by atoms with Gasteiger partial charge in [-0.3, -0.25) is 0 Å². The van der Waals surface area contributed by atoms with Crippen LogP contribution in [0.2, 0.25) is 0 Å². The number of hydrogen-bond donors (Lipinski definition) is 1. The maximum Gasteiger partial charge on any atom is 0.160 e. The molecule has 0 radical (unpaired) electrons. The minimum Gasteiger partial charge on any atom is -0.378 e. The van der Waals surface area contributed by atoms with Crippen molar-refractivity contribution in [3.05, 3.63) is 5.70 Å². The highest BCUT2D eigenvalue weighted by molar-refractivity contribution is 8.14. The molecule has 0 aromatic rings. The highest BCUT2D eigenvalue weighted by Crippen LogP contribution is 2.14. The van der Waals surface area contributed by atoms with Gasteiger partial charge < -0.3 is 5.73 Å². The van der Waals surface area contributed by atoms with E-state index in [1.807, 2.05) is 0 Å². The van der Waals surface area contributed by atoms with Gasteiger partial charge in [0.2, 0.25) is 0 Å². The van der Waals surface area contributed by atoms with E-state index in [2.05, 4.69) is 4.99 Å². The Balaban J connectivity index is 2.82. The van der Waals surface area contributed by atoms with E-state index < -0.39 is 0 Å². The van der Waals surface area contributed by atoms with Gasteiger partial charge in [-0.25, -0.2) is 9.79 Å². The normalized spacial score (nSPS) is 18.0. The van der Waals surface area contributed by atoms with E-state index in [0.717, 1.165) is 0 Å². The number of carbonyl (C=O) groups excluding carboxylic acids is 1. The lowest BCUT2D eigenvalue weighted by Gasteiger charge is -1.77. The molecule has 0 fully saturated rings. The van der Waals surface area contributed by atoms with Gasteiger partial charge in [-0.05, 0) is 0 Å². The van der Waals surface area contributed by atoms with Crippen LogP contribution in [0.25, 0.3) is 0 Å². The Labute approximate surface area is 50.7 Å². The first-order valence-corrected chi connectivity index (χ1v) is 3.02. The zero-order chi connectivity index (χ0) is 5.98. The van der Waals surface area contributed by atoms with E-state index in [-0.39, 0.29) is 0 Å². The van der Waals surface area contributed by atoms with Crippen LogP contribution in [0.3, 0.4) is 0 Å². The fourth-order valence-electron chi connectivity index (χ4n) is 0.392. The van der Waals surface area contributed by atoms with Crippen LogP contribution >= 0.6 is 11.8 Å². The maximum atomic E-state index is 9.81. The summed E-state index contributed by atoms with van der Waals surface area (Å²) >= 11 is 1.36. The van der Waals surface area contributed by atoms with Gasteiger partial charge in [0.1, 0.15) is 11.6 Å². The molecular weight excluding hydrogens is 124 g/mol. The van der Waals surface area contributed by atoms with Gasteiger partial charge in [0, 0.05) is 0 Å². The van der Waals surface area contributed by atoms with Gasteiger partial charge >= 0.3 is 0 Å². The summed E-state index contributed by atoms with van der Waals surface area (Å²) < 4.78 is 0. The Morgan fingerprint density at radius 1 is 1.88 bits per heavy atom. The molecule has 1 heterocycles. The monoisotopic (exact) mass is 128 g/mol. The Kier molecular flexibility index (Phi) is 1.37. The Bertz CT molecular complexity index is 180. The number of rotatable bonds is 0. The lowest BCUT2D eigenvalue weighted by molar-refractivity contribution is 0.567. The first-order valence-electron chi connectivity index (χ1n) is 2.04. The molecule has 0 aliphatic carbocycles. The third-order valence-electron chi connectivity index (χ3n) is 0.720. The second kappa shape index (κ2) is 2.03. The van der Waals surface area contributed by atoms with Crippen molar-refractivity contribution in [2.24, 2.45) is 10.7 Å². The van der Waals surface area contributed by atoms with Crippen molar-refractivity contribution in [2.45, 2.75) is 0 Å². The van der Waals surface area contributed by atoms with E-state index in [0.29, 0.717) is 16.6 Å². The summed E-state index contributed by atoms with van der Waals surface area (Å²) in [5.41, 5.74) is 5.62. The van der Waals surface area contributed by atoms with E-state index in [1.165, 1.54) is 11.8 Å². The van der Waals surface area contributed by atoms with Crippen molar-refractivity contribution >= 4 is 22.9 Å².